The van der Waals surface area contributed by atoms with Crippen LogP contribution in [0.3, 0.4) is 0 Å². The van der Waals surface area contributed by atoms with Gasteiger partial charge in [-0.05, 0) is 68.6 Å². The SMILES string of the molecule is C=C1C2CCC2CC(/C=C\C)[C@@H]2CCCCC12. The molecule has 0 aromatic rings. The zero-order valence-corrected chi connectivity index (χ0v) is 11.2. The van der Waals surface area contributed by atoms with Crippen molar-refractivity contribution >= 4 is 0 Å². The first-order valence-electron chi connectivity index (χ1n) is 7.62. The molecular weight excluding hydrogens is 204 g/mol. The molecule has 0 saturated heterocycles. The standard InChI is InChI=1S/C17H26/c1-3-6-13-11-14-9-10-15(14)12(2)16-7-4-5-8-17(13)16/h3,6,13-17H,2,4-5,7-11H2,1H3/b6-3-/t13?,14?,15?,16?,17-/m0/s1. The predicted molar refractivity (Wildman–Crippen MR) is 73.7 cm³/mol. The van der Waals surface area contributed by atoms with Crippen LogP contribution in [0.4, 0.5) is 0 Å². The number of allylic oxidation sites excluding steroid dienone is 3. The number of rotatable bonds is 1. The molecule has 4 unspecified atom stereocenters. The van der Waals surface area contributed by atoms with Crippen molar-refractivity contribution in [3.63, 3.8) is 0 Å². The summed E-state index contributed by atoms with van der Waals surface area (Å²) >= 11 is 0. The third kappa shape index (κ3) is 1.90. The first-order chi connectivity index (χ1) is 8.31. The number of hydrogen-bond acceptors (Lipinski definition) is 0. The van der Waals surface area contributed by atoms with Crippen LogP contribution >= 0.6 is 0 Å². The highest BCUT2D eigenvalue weighted by atomic mass is 14.5. The van der Waals surface area contributed by atoms with Crippen LogP contribution in [0.15, 0.2) is 24.3 Å². The van der Waals surface area contributed by atoms with Gasteiger partial charge in [-0.2, -0.15) is 0 Å². The van der Waals surface area contributed by atoms with Crippen LogP contribution in [0, 0.1) is 29.6 Å². The Hall–Kier alpha value is -0.520. The van der Waals surface area contributed by atoms with Crippen LogP contribution in [0.1, 0.15) is 51.9 Å². The van der Waals surface area contributed by atoms with Gasteiger partial charge >= 0.3 is 0 Å². The largest absolute Gasteiger partial charge is 0.0993 e. The first-order valence-corrected chi connectivity index (χ1v) is 7.62. The van der Waals surface area contributed by atoms with Gasteiger partial charge in [0, 0.05) is 0 Å². The van der Waals surface area contributed by atoms with Crippen molar-refractivity contribution in [2.75, 3.05) is 0 Å². The summed E-state index contributed by atoms with van der Waals surface area (Å²) in [5.74, 6) is 4.53. The molecule has 0 N–H and O–H groups in total. The lowest BCUT2D eigenvalue weighted by Gasteiger charge is -2.39. The second kappa shape index (κ2) is 4.63. The van der Waals surface area contributed by atoms with Crippen LogP contribution < -0.4 is 0 Å². The Bertz CT molecular complexity index is 325. The molecule has 3 aliphatic rings. The minimum Gasteiger partial charge on any atom is -0.0993 e. The average molecular weight is 230 g/mol. The van der Waals surface area contributed by atoms with Gasteiger partial charge in [-0.25, -0.2) is 0 Å². The normalized spacial score (nSPS) is 45.9. The highest BCUT2D eigenvalue weighted by Gasteiger charge is 2.44. The molecule has 3 aliphatic carbocycles. The molecule has 0 nitrogen and oxygen atoms in total. The molecule has 0 heterocycles. The Morgan fingerprint density at radius 1 is 1.06 bits per heavy atom. The van der Waals surface area contributed by atoms with Gasteiger partial charge in [0.05, 0.1) is 0 Å². The third-order valence-corrected chi connectivity index (χ3v) is 5.75. The Kier molecular flexibility index (Phi) is 3.15. The van der Waals surface area contributed by atoms with E-state index in [1.807, 2.05) is 0 Å². The fraction of sp³-hybridized carbons (Fsp3) is 0.765. The monoisotopic (exact) mass is 230 g/mol. The topological polar surface area (TPSA) is 0 Å². The van der Waals surface area contributed by atoms with Gasteiger partial charge in [0.1, 0.15) is 0 Å². The summed E-state index contributed by atoms with van der Waals surface area (Å²) in [5.41, 5.74) is 1.65. The number of fused-ring (bicyclic) bond motifs is 2. The van der Waals surface area contributed by atoms with Gasteiger partial charge in [-0.1, -0.05) is 37.1 Å². The van der Waals surface area contributed by atoms with Crippen molar-refractivity contribution in [2.45, 2.75) is 51.9 Å². The van der Waals surface area contributed by atoms with E-state index in [1.165, 1.54) is 44.9 Å². The second-order valence-corrected chi connectivity index (χ2v) is 6.50. The van der Waals surface area contributed by atoms with Gasteiger partial charge < -0.3 is 0 Å². The lowest BCUT2D eigenvalue weighted by molar-refractivity contribution is 0.186. The molecule has 0 aromatic carbocycles. The molecule has 3 rings (SSSR count). The first kappa shape index (κ1) is 11.6. The maximum atomic E-state index is 4.51. The molecule has 0 aromatic heterocycles. The van der Waals surface area contributed by atoms with Crippen LogP contribution in [0.2, 0.25) is 0 Å². The van der Waals surface area contributed by atoms with E-state index in [4.69, 9.17) is 0 Å². The van der Waals surface area contributed by atoms with Crippen LogP contribution in [0.25, 0.3) is 0 Å². The Morgan fingerprint density at radius 2 is 1.88 bits per heavy atom. The Balaban J connectivity index is 1.88. The quantitative estimate of drug-likeness (QED) is 0.558. The van der Waals surface area contributed by atoms with E-state index in [9.17, 15) is 0 Å². The lowest BCUT2D eigenvalue weighted by Crippen LogP contribution is -2.29. The smallest absolute Gasteiger partial charge is 0.0169 e. The van der Waals surface area contributed by atoms with Crippen molar-refractivity contribution in [3.05, 3.63) is 24.3 Å². The fourth-order valence-electron chi connectivity index (χ4n) is 4.74. The molecular formula is C17H26. The summed E-state index contributed by atoms with van der Waals surface area (Å²) in [5, 5.41) is 0. The highest BCUT2D eigenvalue weighted by Crippen LogP contribution is 2.54. The molecule has 0 radical (unpaired) electrons. The Labute approximate surface area is 106 Å². The molecule has 17 heavy (non-hydrogen) atoms. The van der Waals surface area contributed by atoms with Crippen LogP contribution in [-0.4, -0.2) is 0 Å². The zero-order chi connectivity index (χ0) is 11.8. The van der Waals surface area contributed by atoms with E-state index < -0.39 is 0 Å². The van der Waals surface area contributed by atoms with E-state index in [2.05, 4.69) is 25.7 Å². The van der Waals surface area contributed by atoms with Crippen molar-refractivity contribution < 1.29 is 0 Å². The van der Waals surface area contributed by atoms with Gasteiger partial charge in [-0.3, -0.25) is 0 Å². The summed E-state index contributed by atoms with van der Waals surface area (Å²) in [6.07, 6.45) is 15.0. The minimum absolute atomic E-state index is 0.859. The summed E-state index contributed by atoms with van der Waals surface area (Å²) in [6.45, 7) is 6.70. The van der Waals surface area contributed by atoms with Gasteiger partial charge in [-0.15, -0.1) is 0 Å². The Morgan fingerprint density at radius 3 is 2.59 bits per heavy atom. The summed E-state index contributed by atoms with van der Waals surface area (Å²) in [6, 6.07) is 0. The average Bonchev–Trinajstić information content (AvgIpc) is 2.39. The molecule has 3 saturated carbocycles. The van der Waals surface area contributed by atoms with Crippen LogP contribution in [0.5, 0.6) is 0 Å². The second-order valence-electron chi connectivity index (χ2n) is 6.50. The number of hydrogen-bond donors (Lipinski definition) is 0. The van der Waals surface area contributed by atoms with Gasteiger partial charge in [0.15, 0.2) is 0 Å². The van der Waals surface area contributed by atoms with Crippen molar-refractivity contribution in [2.24, 2.45) is 29.6 Å². The van der Waals surface area contributed by atoms with E-state index in [0.29, 0.717) is 0 Å². The summed E-state index contributed by atoms with van der Waals surface area (Å²) in [7, 11) is 0. The molecule has 5 atom stereocenters. The summed E-state index contributed by atoms with van der Waals surface area (Å²) < 4.78 is 0. The minimum atomic E-state index is 0.859. The van der Waals surface area contributed by atoms with Crippen molar-refractivity contribution in [1.29, 1.82) is 0 Å². The predicted octanol–water partition coefficient (Wildman–Crippen LogP) is 4.97. The summed E-state index contributed by atoms with van der Waals surface area (Å²) in [4.78, 5) is 0. The maximum absolute atomic E-state index is 4.51. The van der Waals surface area contributed by atoms with Gasteiger partial charge in [0.2, 0.25) is 0 Å². The van der Waals surface area contributed by atoms with E-state index in [0.717, 1.165) is 29.6 Å². The molecule has 0 amide bonds. The zero-order valence-electron chi connectivity index (χ0n) is 11.2. The van der Waals surface area contributed by atoms with E-state index in [-0.39, 0.29) is 0 Å². The van der Waals surface area contributed by atoms with Crippen molar-refractivity contribution in [3.8, 4) is 0 Å². The highest BCUT2D eigenvalue weighted by molar-refractivity contribution is 5.18. The third-order valence-electron chi connectivity index (χ3n) is 5.75. The van der Waals surface area contributed by atoms with Gasteiger partial charge in [0.25, 0.3) is 0 Å². The molecule has 94 valence electrons. The van der Waals surface area contributed by atoms with E-state index >= 15 is 0 Å². The molecule has 0 bridgehead atoms. The molecule has 0 aliphatic heterocycles. The molecule has 0 spiro atoms. The molecule has 0 heteroatoms. The molecule has 3 fully saturated rings. The van der Waals surface area contributed by atoms with E-state index in [1.54, 1.807) is 5.57 Å². The maximum Gasteiger partial charge on any atom is -0.0169 e. The fourth-order valence-corrected chi connectivity index (χ4v) is 4.74. The van der Waals surface area contributed by atoms with Crippen molar-refractivity contribution in [1.82, 2.24) is 0 Å². The lowest BCUT2D eigenvalue weighted by atomic mass is 9.66. The van der Waals surface area contributed by atoms with Crippen LogP contribution in [-0.2, 0) is 0 Å².